The van der Waals surface area contributed by atoms with Crippen LogP contribution in [-0.4, -0.2) is 26.3 Å². The van der Waals surface area contributed by atoms with Gasteiger partial charge in [-0.1, -0.05) is 0 Å². The average molecular weight is 343 g/mol. The molecule has 0 bridgehead atoms. The molecule has 0 fully saturated rings. The van der Waals surface area contributed by atoms with Crippen molar-refractivity contribution in [3.8, 4) is 11.4 Å². The summed E-state index contributed by atoms with van der Waals surface area (Å²) in [6.45, 7) is 5.80. The van der Waals surface area contributed by atoms with E-state index >= 15 is 0 Å². The van der Waals surface area contributed by atoms with Crippen LogP contribution in [0.5, 0.6) is 0 Å². The van der Waals surface area contributed by atoms with Crippen molar-refractivity contribution in [1.29, 1.82) is 0 Å². The number of rotatable bonds is 4. The van der Waals surface area contributed by atoms with E-state index < -0.39 is 0 Å². The second-order valence-electron chi connectivity index (χ2n) is 3.51. The summed E-state index contributed by atoms with van der Waals surface area (Å²) in [4.78, 5) is 8.82. The molecule has 0 aliphatic carbocycles. The molecule has 0 saturated heterocycles. The van der Waals surface area contributed by atoms with Crippen LogP contribution in [0.2, 0.25) is 0 Å². The van der Waals surface area contributed by atoms with E-state index in [1.807, 2.05) is 24.0 Å². The first kappa shape index (κ1) is 12.3. The highest BCUT2D eigenvalue weighted by molar-refractivity contribution is 14.1. The third-order valence-corrected chi connectivity index (χ3v) is 3.09. The van der Waals surface area contributed by atoms with Crippen molar-refractivity contribution in [2.45, 2.75) is 20.4 Å². The van der Waals surface area contributed by atoms with Gasteiger partial charge in [0.15, 0.2) is 5.82 Å². The molecule has 0 aliphatic rings. The van der Waals surface area contributed by atoms with Crippen LogP contribution < -0.4 is 5.32 Å². The first-order valence-electron chi connectivity index (χ1n) is 5.53. The maximum atomic E-state index is 4.50. The van der Waals surface area contributed by atoms with E-state index in [1.54, 1.807) is 6.20 Å². The van der Waals surface area contributed by atoms with Crippen LogP contribution in [-0.2, 0) is 6.54 Å². The van der Waals surface area contributed by atoms with Gasteiger partial charge in [0.1, 0.15) is 5.82 Å². The summed E-state index contributed by atoms with van der Waals surface area (Å²) in [7, 11) is 0. The predicted octanol–water partition coefficient (Wildman–Crippen LogP) is 2.40. The van der Waals surface area contributed by atoms with Gasteiger partial charge in [0.25, 0.3) is 0 Å². The second kappa shape index (κ2) is 5.44. The van der Waals surface area contributed by atoms with Gasteiger partial charge in [-0.25, -0.2) is 9.97 Å². The van der Waals surface area contributed by atoms with Crippen LogP contribution in [0.25, 0.3) is 11.4 Å². The molecule has 2 rings (SSSR count). The monoisotopic (exact) mass is 343 g/mol. The first-order chi connectivity index (χ1) is 8.24. The molecule has 0 aromatic carbocycles. The van der Waals surface area contributed by atoms with Crippen LogP contribution in [0.3, 0.4) is 0 Å². The van der Waals surface area contributed by atoms with Gasteiger partial charge in [-0.15, -0.1) is 0 Å². The van der Waals surface area contributed by atoms with Gasteiger partial charge in [-0.05, 0) is 36.4 Å². The average Bonchev–Trinajstić information content (AvgIpc) is 2.81. The molecular weight excluding hydrogens is 329 g/mol. The summed E-state index contributed by atoms with van der Waals surface area (Å²) in [6, 6.07) is 0. The fourth-order valence-corrected chi connectivity index (χ4v) is 1.90. The molecule has 5 nitrogen and oxygen atoms in total. The molecule has 0 radical (unpaired) electrons. The molecule has 2 aromatic rings. The van der Waals surface area contributed by atoms with Crippen molar-refractivity contribution in [1.82, 2.24) is 19.7 Å². The number of hydrogen-bond acceptors (Lipinski definition) is 4. The minimum atomic E-state index is 0.709. The molecule has 0 unspecified atom stereocenters. The first-order valence-corrected chi connectivity index (χ1v) is 6.61. The molecule has 0 aliphatic heterocycles. The number of anilines is 1. The zero-order valence-corrected chi connectivity index (χ0v) is 12.0. The largest absolute Gasteiger partial charge is 0.369 e. The van der Waals surface area contributed by atoms with E-state index in [0.717, 1.165) is 28.0 Å². The molecule has 2 aromatic heterocycles. The molecule has 6 heteroatoms. The van der Waals surface area contributed by atoms with E-state index in [0.29, 0.717) is 5.82 Å². The number of nitrogens with zero attached hydrogens (tertiary/aromatic N) is 4. The minimum absolute atomic E-state index is 0.709. The van der Waals surface area contributed by atoms with Crippen LogP contribution >= 0.6 is 22.6 Å². The lowest BCUT2D eigenvalue weighted by molar-refractivity contribution is 0.660. The number of aryl methyl sites for hydroxylation is 1. The van der Waals surface area contributed by atoms with Gasteiger partial charge in [0, 0.05) is 25.5 Å². The smallest absolute Gasteiger partial charge is 0.164 e. The molecule has 0 saturated carbocycles. The summed E-state index contributed by atoms with van der Waals surface area (Å²) < 4.78 is 2.89. The van der Waals surface area contributed by atoms with Gasteiger partial charge in [0.05, 0.1) is 15.3 Å². The summed E-state index contributed by atoms with van der Waals surface area (Å²) in [6.07, 6.45) is 5.57. The van der Waals surface area contributed by atoms with E-state index in [4.69, 9.17) is 0 Å². The minimum Gasteiger partial charge on any atom is -0.369 e. The molecule has 0 spiro atoms. The number of aromatic nitrogens is 4. The van der Waals surface area contributed by atoms with Gasteiger partial charge in [-0.2, -0.15) is 5.10 Å². The predicted molar refractivity (Wildman–Crippen MR) is 75.8 cm³/mol. The molecule has 17 heavy (non-hydrogen) atoms. The van der Waals surface area contributed by atoms with Crippen LogP contribution in [0, 0.1) is 3.57 Å². The highest BCUT2D eigenvalue weighted by Crippen LogP contribution is 2.19. The molecule has 0 atom stereocenters. The Morgan fingerprint density at radius 2 is 2.18 bits per heavy atom. The zero-order valence-electron chi connectivity index (χ0n) is 9.81. The zero-order chi connectivity index (χ0) is 12.3. The van der Waals surface area contributed by atoms with Crippen LogP contribution in [0.1, 0.15) is 13.8 Å². The lowest BCUT2D eigenvalue weighted by Gasteiger charge is -2.05. The molecule has 90 valence electrons. The fourth-order valence-electron chi connectivity index (χ4n) is 1.45. The maximum absolute atomic E-state index is 4.50. The highest BCUT2D eigenvalue weighted by atomic mass is 127. The van der Waals surface area contributed by atoms with Gasteiger partial charge < -0.3 is 5.32 Å². The van der Waals surface area contributed by atoms with Crippen molar-refractivity contribution in [3.63, 3.8) is 0 Å². The lowest BCUT2D eigenvalue weighted by Crippen LogP contribution is -2.03. The third kappa shape index (κ3) is 2.74. The number of nitrogens with one attached hydrogen (secondary N) is 1. The Labute approximate surface area is 114 Å². The third-order valence-electron chi connectivity index (χ3n) is 2.30. The van der Waals surface area contributed by atoms with Gasteiger partial charge >= 0.3 is 0 Å². The van der Waals surface area contributed by atoms with Crippen LogP contribution in [0.4, 0.5) is 5.82 Å². The number of hydrogen-bond donors (Lipinski definition) is 1. The summed E-state index contributed by atoms with van der Waals surface area (Å²) in [5, 5.41) is 7.44. The fraction of sp³-hybridized carbons (Fsp3) is 0.364. The molecule has 2 heterocycles. The highest BCUT2D eigenvalue weighted by Gasteiger charge is 2.08. The summed E-state index contributed by atoms with van der Waals surface area (Å²) in [5.41, 5.74) is 0.947. The topological polar surface area (TPSA) is 55.6 Å². The van der Waals surface area contributed by atoms with E-state index in [-0.39, 0.29) is 0 Å². The van der Waals surface area contributed by atoms with Crippen molar-refractivity contribution in [3.05, 3.63) is 22.2 Å². The molecule has 0 amide bonds. The molecule has 1 N–H and O–H groups in total. The maximum Gasteiger partial charge on any atom is 0.164 e. The summed E-state index contributed by atoms with van der Waals surface area (Å²) >= 11 is 2.22. The Morgan fingerprint density at radius 3 is 2.82 bits per heavy atom. The van der Waals surface area contributed by atoms with E-state index in [2.05, 4.69) is 49.9 Å². The van der Waals surface area contributed by atoms with Gasteiger partial charge in [0.2, 0.25) is 0 Å². The lowest BCUT2D eigenvalue weighted by atomic mass is 10.3. The van der Waals surface area contributed by atoms with Crippen molar-refractivity contribution in [2.75, 3.05) is 11.9 Å². The Balaban J connectivity index is 2.35. The van der Waals surface area contributed by atoms with Crippen LogP contribution in [0.15, 0.2) is 18.6 Å². The second-order valence-corrected chi connectivity index (χ2v) is 4.67. The number of halogens is 1. The Hall–Kier alpha value is -1.18. The van der Waals surface area contributed by atoms with E-state index in [9.17, 15) is 0 Å². The summed E-state index contributed by atoms with van der Waals surface area (Å²) in [5.74, 6) is 1.59. The van der Waals surface area contributed by atoms with E-state index in [1.165, 1.54) is 0 Å². The molecular formula is C11H14IN5. The standard InChI is InChI=1S/C11H14IN5/c1-3-13-11-9(12)6-14-10(16-11)8-5-15-17(4-2)7-8/h5-7H,3-4H2,1-2H3,(H,13,14,16). The Bertz CT molecular complexity index is 508. The SMILES string of the molecule is CCNc1nc(-c2cnn(CC)c2)ncc1I. The van der Waals surface area contributed by atoms with Crippen molar-refractivity contribution in [2.24, 2.45) is 0 Å². The Kier molecular flexibility index (Phi) is 3.93. The quantitative estimate of drug-likeness (QED) is 0.867. The van der Waals surface area contributed by atoms with Crippen molar-refractivity contribution >= 4 is 28.4 Å². The van der Waals surface area contributed by atoms with Gasteiger partial charge in [-0.3, -0.25) is 4.68 Å². The normalized spacial score (nSPS) is 10.5. The van der Waals surface area contributed by atoms with Crippen molar-refractivity contribution < 1.29 is 0 Å². The Morgan fingerprint density at radius 1 is 1.35 bits per heavy atom.